The second kappa shape index (κ2) is 5.75. The lowest BCUT2D eigenvalue weighted by molar-refractivity contribution is -0.120. The summed E-state index contributed by atoms with van der Waals surface area (Å²) < 4.78 is 0. The Labute approximate surface area is 108 Å². The van der Waals surface area contributed by atoms with Crippen molar-refractivity contribution in [2.45, 2.75) is 13.3 Å². The van der Waals surface area contributed by atoms with Crippen LogP contribution in [-0.2, 0) is 11.2 Å². The van der Waals surface area contributed by atoms with Gasteiger partial charge in [0.25, 0.3) is 0 Å². The predicted octanol–water partition coefficient (Wildman–Crippen LogP) is 2.81. The van der Waals surface area contributed by atoms with E-state index in [-0.39, 0.29) is 5.91 Å². The third-order valence-corrected chi connectivity index (χ3v) is 4.02. The minimum atomic E-state index is -0.0853. The summed E-state index contributed by atoms with van der Waals surface area (Å²) in [6.07, 6.45) is 2.07. The second-order valence-electron chi connectivity index (χ2n) is 3.52. The van der Waals surface area contributed by atoms with Gasteiger partial charge in [-0.25, -0.2) is 5.43 Å². The molecule has 0 bridgehead atoms. The van der Waals surface area contributed by atoms with E-state index in [1.54, 1.807) is 28.9 Å². The molecular formula is C12H12N2OS2. The van der Waals surface area contributed by atoms with Gasteiger partial charge in [0, 0.05) is 9.75 Å². The second-order valence-corrected chi connectivity index (χ2v) is 5.50. The van der Waals surface area contributed by atoms with Crippen molar-refractivity contribution in [3.63, 3.8) is 0 Å². The van der Waals surface area contributed by atoms with Gasteiger partial charge in [0.1, 0.15) is 0 Å². The van der Waals surface area contributed by atoms with E-state index in [1.165, 1.54) is 5.56 Å². The van der Waals surface area contributed by atoms with Gasteiger partial charge in [-0.05, 0) is 35.4 Å². The highest BCUT2D eigenvalue weighted by molar-refractivity contribution is 7.11. The van der Waals surface area contributed by atoms with Gasteiger partial charge in [-0.15, -0.1) is 22.7 Å². The van der Waals surface area contributed by atoms with E-state index in [2.05, 4.69) is 10.5 Å². The summed E-state index contributed by atoms with van der Waals surface area (Å²) in [4.78, 5) is 13.6. The third kappa shape index (κ3) is 3.51. The maximum absolute atomic E-state index is 11.5. The van der Waals surface area contributed by atoms with Crippen LogP contribution in [0.2, 0.25) is 0 Å². The lowest BCUT2D eigenvalue weighted by Gasteiger charge is -1.96. The van der Waals surface area contributed by atoms with Crippen molar-refractivity contribution in [3.05, 3.63) is 44.3 Å². The molecule has 0 aliphatic heterocycles. The fraction of sp³-hybridized carbons (Fsp3) is 0.167. The molecule has 2 aromatic rings. The zero-order valence-electron chi connectivity index (χ0n) is 9.34. The van der Waals surface area contributed by atoms with Crippen molar-refractivity contribution in [2.24, 2.45) is 5.10 Å². The van der Waals surface area contributed by atoms with E-state index in [0.29, 0.717) is 6.42 Å². The van der Waals surface area contributed by atoms with Gasteiger partial charge in [-0.2, -0.15) is 5.10 Å². The van der Waals surface area contributed by atoms with E-state index in [0.717, 1.165) is 9.75 Å². The molecule has 17 heavy (non-hydrogen) atoms. The zero-order chi connectivity index (χ0) is 12.1. The van der Waals surface area contributed by atoms with Gasteiger partial charge >= 0.3 is 0 Å². The van der Waals surface area contributed by atoms with Gasteiger partial charge in [0.15, 0.2) is 0 Å². The first-order chi connectivity index (χ1) is 8.25. The number of rotatable bonds is 4. The number of hydrogen-bond acceptors (Lipinski definition) is 4. The smallest absolute Gasteiger partial charge is 0.245 e. The number of thiophene rings is 2. The SMILES string of the molecule is Cc1ccsc1/C=N/NC(=O)Cc1cccs1. The summed E-state index contributed by atoms with van der Waals surface area (Å²) in [5, 5.41) is 7.91. The van der Waals surface area contributed by atoms with Gasteiger partial charge in [-0.1, -0.05) is 6.07 Å². The highest BCUT2D eigenvalue weighted by Crippen LogP contribution is 2.12. The first-order valence-electron chi connectivity index (χ1n) is 5.14. The molecule has 0 aromatic carbocycles. The molecule has 88 valence electrons. The Morgan fingerprint density at radius 2 is 2.29 bits per heavy atom. The average Bonchev–Trinajstić information content (AvgIpc) is 2.91. The molecule has 0 atom stereocenters. The van der Waals surface area contributed by atoms with Crippen LogP contribution in [0.1, 0.15) is 15.3 Å². The Morgan fingerprint density at radius 1 is 1.41 bits per heavy atom. The van der Waals surface area contributed by atoms with Crippen molar-refractivity contribution in [3.8, 4) is 0 Å². The van der Waals surface area contributed by atoms with Gasteiger partial charge < -0.3 is 0 Å². The largest absolute Gasteiger partial charge is 0.273 e. The van der Waals surface area contributed by atoms with Crippen LogP contribution in [0, 0.1) is 6.92 Å². The topological polar surface area (TPSA) is 41.5 Å². The van der Waals surface area contributed by atoms with Gasteiger partial charge in [-0.3, -0.25) is 4.79 Å². The molecular weight excluding hydrogens is 252 g/mol. The minimum Gasteiger partial charge on any atom is -0.273 e. The van der Waals surface area contributed by atoms with Crippen LogP contribution >= 0.6 is 22.7 Å². The number of nitrogens with one attached hydrogen (secondary N) is 1. The summed E-state index contributed by atoms with van der Waals surface area (Å²) in [5.74, 6) is -0.0853. The Kier molecular flexibility index (Phi) is 4.06. The van der Waals surface area contributed by atoms with Crippen molar-refractivity contribution in [2.75, 3.05) is 0 Å². The predicted molar refractivity (Wildman–Crippen MR) is 72.8 cm³/mol. The van der Waals surface area contributed by atoms with Gasteiger partial charge in [0.05, 0.1) is 12.6 Å². The number of carbonyl (C=O) groups excluding carboxylic acids is 1. The fourth-order valence-corrected chi connectivity index (χ4v) is 2.78. The Balaban J connectivity index is 1.84. The summed E-state index contributed by atoms with van der Waals surface area (Å²) in [5.41, 5.74) is 3.70. The van der Waals surface area contributed by atoms with Crippen molar-refractivity contribution in [1.82, 2.24) is 5.43 Å². The number of aryl methyl sites for hydroxylation is 1. The summed E-state index contributed by atoms with van der Waals surface area (Å²) in [7, 11) is 0. The van der Waals surface area contributed by atoms with Crippen LogP contribution in [-0.4, -0.2) is 12.1 Å². The lowest BCUT2D eigenvalue weighted by atomic mass is 10.3. The number of hydrogen-bond donors (Lipinski definition) is 1. The number of nitrogens with zero attached hydrogens (tertiary/aromatic N) is 1. The standard InChI is InChI=1S/C12H12N2OS2/c1-9-4-6-17-11(9)8-13-14-12(15)7-10-3-2-5-16-10/h2-6,8H,7H2,1H3,(H,14,15)/b13-8+. The van der Waals surface area contributed by atoms with Crippen LogP contribution < -0.4 is 5.43 Å². The molecule has 0 unspecified atom stereocenters. The molecule has 0 saturated heterocycles. The molecule has 5 heteroatoms. The molecule has 1 amide bonds. The van der Waals surface area contributed by atoms with Crippen LogP contribution in [0.5, 0.6) is 0 Å². The Morgan fingerprint density at radius 3 is 2.94 bits per heavy atom. The van der Waals surface area contributed by atoms with Crippen LogP contribution in [0.4, 0.5) is 0 Å². The summed E-state index contributed by atoms with van der Waals surface area (Å²) in [6.45, 7) is 2.02. The first kappa shape index (κ1) is 12.0. The van der Waals surface area contributed by atoms with Crippen molar-refractivity contribution in [1.29, 1.82) is 0 Å². The monoisotopic (exact) mass is 264 g/mol. The molecule has 0 spiro atoms. The summed E-state index contributed by atoms with van der Waals surface area (Å²) in [6, 6.07) is 5.91. The lowest BCUT2D eigenvalue weighted by Crippen LogP contribution is -2.19. The molecule has 3 nitrogen and oxygen atoms in total. The van der Waals surface area contributed by atoms with Crippen molar-refractivity contribution >= 4 is 34.8 Å². The highest BCUT2D eigenvalue weighted by Gasteiger charge is 2.02. The molecule has 2 aromatic heterocycles. The Bertz CT molecular complexity index is 514. The molecule has 0 radical (unpaired) electrons. The van der Waals surface area contributed by atoms with Gasteiger partial charge in [0.2, 0.25) is 5.91 Å². The van der Waals surface area contributed by atoms with E-state index in [9.17, 15) is 4.79 Å². The minimum absolute atomic E-state index is 0.0853. The van der Waals surface area contributed by atoms with Crippen LogP contribution in [0.3, 0.4) is 0 Å². The number of carbonyl (C=O) groups is 1. The fourth-order valence-electron chi connectivity index (χ4n) is 1.29. The quantitative estimate of drug-likeness (QED) is 0.669. The normalized spacial score (nSPS) is 10.9. The van der Waals surface area contributed by atoms with Crippen molar-refractivity contribution < 1.29 is 4.79 Å². The molecule has 0 saturated carbocycles. The maximum atomic E-state index is 11.5. The molecule has 0 fully saturated rings. The third-order valence-electron chi connectivity index (χ3n) is 2.19. The highest BCUT2D eigenvalue weighted by atomic mass is 32.1. The molecule has 1 N–H and O–H groups in total. The van der Waals surface area contributed by atoms with Crippen LogP contribution in [0.15, 0.2) is 34.1 Å². The first-order valence-corrected chi connectivity index (χ1v) is 6.90. The zero-order valence-corrected chi connectivity index (χ0v) is 11.0. The summed E-state index contributed by atoms with van der Waals surface area (Å²) >= 11 is 3.18. The number of hydrazone groups is 1. The van der Waals surface area contributed by atoms with Crippen LogP contribution in [0.25, 0.3) is 0 Å². The molecule has 2 rings (SSSR count). The maximum Gasteiger partial charge on any atom is 0.245 e. The molecule has 0 aliphatic rings. The molecule has 0 aliphatic carbocycles. The van der Waals surface area contributed by atoms with E-state index < -0.39 is 0 Å². The molecule has 2 heterocycles. The average molecular weight is 264 g/mol. The van der Waals surface area contributed by atoms with E-state index in [4.69, 9.17) is 0 Å². The number of amides is 1. The Hall–Kier alpha value is -1.46. The van der Waals surface area contributed by atoms with E-state index >= 15 is 0 Å². The van der Waals surface area contributed by atoms with E-state index in [1.807, 2.05) is 35.9 Å².